The van der Waals surface area contributed by atoms with E-state index in [1.807, 2.05) is 13.8 Å². The lowest BCUT2D eigenvalue weighted by Crippen LogP contribution is -2.47. The summed E-state index contributed by atoms with van der Waals surface area (Å²) in [4.78, 5) is 10.7. The van der Waals surface area contributed by atoms with Gasteiger partial charge in [0.25, 0.3) is 0 Å². The Hall–Kier alpha value is -0.620. The number of aliphatic carboxylic acids is 1. The van der Waals surface area contributed by atoms with Crippen LogP contribution >= 0.6 is 0 Å². The number of carbonyl (C=O) groups is 1. The van der Waals surface area contributed by atoms with Gasteiger partial charge in [0, 0.05) is 13.1 Å². The topological polar surface area (TPSA) is 74.7 Å². The highest BCUT2D eigenvalue weighted by molar-refractivity contribution is 7.90. The molecule has 16 heavy (non-hydrogen) atoms. The molecular formula is C10H19NO4S. The fourth-order valence-corrected chi connectivity index (χ4v) is 3.79. The maximum absolute atomic E-state index is 12.0. The van der Waals surface area contributed by atoms with Crippen molar-refractivity contribution in [3.05, 3.63) is 0 Å². The molecule has 0 saturated carbocycles. The number of carboxylic acid groups (broad SMARTS) is 1. The minimum absolute atomic E-state index is 0.291. The smallest absolute Gasteiger partial charge is 0.323 e. The van der Waals surface area contributed by atoms with E-state index in [-0.39, 0.29) is 0 Å². The minimum Gasteiger partial charge on any atom is -0.480 e. The molecule has 1 rings (SSSR count). The molecule has 0 bridgehead atoms. The van der Waals surface area contributed by atoms with Crippen molar-refractivity contribution in [2.24, 2.45) is 11.8 Å². The monoisotopic (exact) mass is 249 g/mol. The summed E-state index contributed by atoms with van der Waals surface area (Å²) in [6.45, 7) is 6.07. The molecule has 1 saturated heterocycles. The first kappa shape index (κ1) is 13.4. The second-order valence-corrected chi connectivity index (χ2v) is 7.04. The quantitative estimate of drug-likeness (QED) is 0.801. The molecule has 1 heterocycles. The Labute approximate surface area is 96.5 Å². The second-order valence-electron chi connectivity index (χ2n) is 4.79. The lowest BCUT2D eigenvalue weighted by Gasteiger charge is -2.34. The standard InChI is InChI=1S/C10H19NO4S/c1-7-4-8(2)6-11(5-7)16(14,15)9(3)10(12)13/h7-9H,4-6H2,1-3H3,(H,12,13). The molecule has 0 amide bonds. The molecule has 1 N–H and O–H groups in total. The molecule has 0 aliphatic carbocycles. The first-order valence-electron chi connectivity index (χ1n) is 5.47. The van der Waals surface area contributed by atoms with E-state index in [2.05, 4.69) is 0 Å². The molecule has 3 unspecified atom stereocenters. The number of piperidine rings is 1. The zero-order valence-corrected chi connectivity index (χ0v) is 10.7. The molecule has 0 radical (unpaired) electrons. The Balaban J connectivity index is 2.87. The van der Waals surface area contributed by atoms with Crippen LogP contribution in [0.15, 0.2) is 0 Å². The Bertz CT molecular complexity index is 355. The second kappa shape index (κ2) is 4.71. The molecule has 0 aromatic heterocycles. The van der Waals surface area contributed by atoms with Crippen molar-refractivity contribution in [1.82, 2.24) is 4.31 Å². The molecule has 1 aliphatic rings. The van der Waals surface area contributed by atoms with Crippen LogP contribution in [0.5, 0.6) is 0 Å². The van der Waals surface area contributed by atoms with Gasteiger partial charge in [-0.2, -0.15) is 0 Å². The zero-order chi connectivity index (χ0) is 12.5. The first-order valence-corrected chi connectivity index (χ1v) is 6.97. The molecule has 0 aromatic carbocycles. The van der Waals surface area contributed by atoms with E-state index in [1.54, 1.807) is 0 Å². The van der Waals surface area contributed by atoms with Crippen LogP contribution in [0.25, 0.3) is 0 Å². The van der Waals surface area contributed by atoms with Gasteiger partial charge in [0.1, 0.15) is 0 Å². The highest BCUT2D eigenvalue weighted by Gasteiger charge is 2.37. The maximum Gasteiger partial charge on any atom is 0.323 e. The number of sulfonamides is 1. The Morgan fingerprint density at radius 2 is 1.75 bits per heavy atom. The van der Waals surface area contributed by atoms with Gasteiger partial charge in [-0.25, -0.2) is 12.7 Å². The minimum atomic E-state index is -3.69. The fourth-order valence-electron chi connectivity index (χ4n) is 2.16. The van der Waals surface area contributed by atoms with Crippen LogP contribution < -0.4 is 0 Å². The van der Waals surface area contributed by atoms with Gasteiger partial charge in [-0.15, -0.1) is 0 Å². The lowest BCUT2D eigenvalue weighted by atomic mass is 9.94. The van der Waals surface area contributed by atoms with Gasteiger partial charge in [0.15, 0.2) is 5.25 Å². The van der Waals surface area contributed by atoms with Gasteiger partial charge in [0.05, 0.1) is 0 Å². The number of hydrogen-bond donors (Lipinski definition) is 1. The van der Waals surface area contributed by atoms with Crippen molar-refractivity contribution in [2.75, 3.05) is 13.1 Å². The predicted octanol–water partition coefficient (Wildman–Crippen LogP) is 0.767. The third-order valence-electron chi connectivity index (χ3n) is 2.99. The predicted molar refractivity (Wildman–Crippen MR) is 60.5 cm³/mol. The third kappa shape index (κ3) is 2.74. The Morgan fingerprint density at radius 1 is 1.31 bits per heavy atom. The largest absolute Gasteiger partial charge is 0.480 e. The van der Waals surface area contributed by atoms with Crippen LogP contribution in [0.1, 0.15) is 27.2 Å². The number of hydrogen-bond acceptors (Lipinski definition) is 3. The van der Waals surface area contributed by atoms with Crippen LogP contribution in [0, 0.1) is 11.8 Å². The Kier molecular flexibility index (Phi) is 3.96. The summed E-state index contributed by atoms with van der Waals surface area (Å²) in [5, 5.41) is 7.42. The number of rotatable bonds is 3. The van der Waals surface area contributed by atoms with Crippen LogP contribution in [-0.4, -0.2) is 42.1 Å². The van der Waals surface area contributed by atoms with Crippen LogP contribution in [0.2, 0.25) is 0 Å². The summed E-state index contributed by atoms with van der Waals surface area (Å²) in [5.74, 6) is -0.704. The summed E-state index contributed by atoms with van der Waals surface area (Å²) in [7, 11) is -3.69. The summed E-state index contributed by atoms with van der Waals surface area (Å²) >= 11 is 0. The molecule has 3 atom stereocenters. The highest BCUT2D eigenvalue weighted by atomic mass is 32.2. The van der Waals surface area contributed by atoms with Crippen LogP contribution in [-0.2, 0) is 14.8 Å². The summed E-state index contributed by atoms with van der Waals surface area (Å²) in [6.07, 6.45) is 0.994. The van der Waals surface area contributed by atoms with Crippen molar-refractivity contribution in [2.45, 2.75) is 32.4 Å². The van der Waals surface area contributed by atoms with E-state index in [0.29, 0.717) is 24.9 Å². The molecule has 0 spiro atoms. The Morgan fingerprint density at radius 3 is 2.12 bits per heavy atom. The molecule has 0 aromatic rings. The van der Waals surface area contributed by atoms with Gasteiger partial charge < -0.3 is 5.11 Å². The molecule has 1 fully saturated rings. The van der Waals surface area contributed by atoms with Crippen molar-refractivity contribution >= 4 is 16.0 Å². The van der Waals surface area contributed by atoms with Gasteiger partial charge in [-0.05, 0) is 25.2 Å². The van der Waals surface area contributed by atoms with E-state index in [9.17, 15) is 13.2 Å². The van der Waals surface area contributed by atoms with Gasteiger partial charge >= 0.3 is 5.97 Å². The molecule has 94 valence electrons. The third-order valence-corrected chi connectivity index (χ3v) is 5.10. The van der Waals surface area contributed by atoms with Crippen molar-refractivity contribution in [3.8, 4) is 0 Å². The molecule has 5 nitrogen and oxygen atoms in total. The average Bonchev–Trinajstić information content (AvgIpc) is 2.14. The van der Waals surface area contributed by atoms with Crippen LogP contribution in [0.3, 0.4) is 0 Å². The van der Waals surface area contributed by atoms with Gasteiger partial charge in [0.2, 0.25) is 10.0 Å². The maximum atomic E-state index is 12.0. The van der Waals surface area contributed by atoms with Gasteiger partial charge in [-0.1, -0.05) is 13.8 Å². The number of nitrogens with zero attached hydrogens (tertiary/aromatic N) is 1. The summed E-state index contributed by atoms with van der Waals surface area (Å²) < 4.78 is 25.3. The van der Waals surface area contributed by atoms with Crippen LogP contribution in [0.4, 0.5) is 0 Å². The normalized spacial score (nSPS) is 29.9. The van der Waals surface area contributed by atoms with Crippen molar-refractivity contribution < 1.29 is 18.3 Å². The highest BCUT2D eigenvalue weighted by Crippen LogP contribution is 2.24. The van der Waals surface area contributed by atoms with Crippen molar-refractivity contribution in [3.63, 3.8) is 0 Å². The molecular weight excluding hydrogens is 230 g/mol. The van der Waals surface area contributed by atoms with Crippen molar-refractivity contribution in [1.29, 1.82) is 0 Å². The lowest BCUT2D eigenvalue weighted by molar-refractivity contribution is -0.136. The van der Waals surface area contributed by atoms with E-state index in [4.69, 9.17) is 5.11 Å². The fraction of sp³-hybridized carbons (Fsp3) is 0.900. The summed E-state index contributed by atoms with van der Waals surface area (Å²) in [5.41, 5.74) is 0. The molecule has 1 aliphatic heterocycles. The number of carboxylic acids is 1. The van der Waals surface area contributed by atoms with E-state index in [0.717, 1.165) is 6.42 Å². The average molecular weight is 249 g/mol. The molecule has 6 heteroatoms. The summed E-state index contributed by atoms with van der Waals surface area (Å²) in [6, 6.07) is 0. The first-order chi connectivity index (χ1) is 7.25. The van der Waals surface area contributed by atoms with Gasteiger partial charge in [-0.3, -0.25) is 4.79 Å². The van der Waals surface area contributed by atoms with E-state index >= 15 is 0 Å². The van der Waals surface area contributed by atoms with E-state index in [1.165, 1.54) is 11.2 Å². The zero-order valence-electron chi connectivity index (χ0n) is 9.88. The SMILES string of the molecule is CC1CC(C)CN(S(=O)(=O)C(C)C(=O)O)C1. The van der Waals surface area contributed by atoms with E-state index < -0.39 is 21.2 Å².